The lowest BCUT2D eigenvalue weighted by atomic mass is 10.5. The largest absolute Gasteiger partial charge is 0.560 e. The van der Waals surface area contributed by atoms with Crippen LogP contribution >= 0.6 is 25.8 Å². The molecule has 0 saturated carbocycles. The molecule has 0 unspecified atom stereocenters. The van der Waals surface area contributed by atoms with Gasteiger partial charge in [-0.25, -0.2) is 0 Å². The highest BCUT2D eigenvalue weighted by Gasteiger charge is 1.66. The van der Waals surface area contributed by atoms with Gasteiger partial charge in [0, 0.05) is 13.7 Å². The first-order chi connectivity index (χ1) is 3.83. The van der Waals surface area contributed by atoms with E-state index in [0.29, 0.717) is 0 Å². The van der Waals surface area contributed by atoms with Crippen molar-refractivity contribution in [2.75, 3.05) is 13.7 Å². The predicted octanol–water partition coefficient (Wildman–Crippen LogP) is 2.17. The molecule has 0 amide bonds. The average molecular weight is 257 g/mol. The lowest BCUT2D eigenvalue weighted by molar-refractivity contribution is 0.204. The van der Waals surface area contributed by atoms with Crippen LogP contribution in [0.1, 0.15) is 6.42 Å². The molecule has 0 saturated heterocycles. The van der Waals surface area contributed by atoms with Crippen LogP contribution in [0, 0.1) is 6.92 Å². The molecule has 0 rings (SSSR count). The second-order valence-corrected chi connectivity index (χ2v) is 9.03. The molecule has 0 aromatic carbocycles. The van der Waals surface area contributed by atoms with Crippen molar-refractivity contribution < 1.29 is 4.74 Å². The maximum Gasteiger partial charge on any atom is 0.560 e. The molecular formula is C4H9Br2MgO. The molecule has 0 aliphatic heterocycles. The molecule has 0 aromatic rings. The van der Waals surface area contributed by atoms with E-state index in [2.05, 4.69) is 37.4 Å². The molecule has 0 aliphatic rings. The van der Waals surface area contributed by atoms with Crippen molar-refractivity contribution in [3.8, 4) is 0 Å². The van der Waals surface area contributed by atoms with E-state index in [1.807, 2.05) is 0 Å². The van der Waals surface area contributed by atoms with Crippen LogP contribution in [0.15, 0.2) is 0 Å². The zero-order valence-electron chi connectivity index (χ0n) is 4.99. The minimum atomic E-state index is 0.0417. The number of ether oxygens (including phenoxy) is 1. The number of hydrogen-bond donors (Lipinski definition) is 0. The summed E-state index contributed by atoms with van der Waals surface area (Å²) in [5, 5.41) is 0. The van der Waals surface area contributed by atoms with E-state index in [0.717, 1.165) is 13.0 Å². The maximum atomic E-state index is 4.63. The van der Waals surface area contributed by atoms with Crippen molar-refractivity contribution >= 4 is 41.8 Å². The Labute approximate surface area is 73.0 Å². The summed E-state index contributed by atoms with van der Waals surface area (Å²) >= 11 is 6.44. The Kier molecular flexibility index (Phi) is 24.5. The van der Waals surface area contributed by atoms with E-state index in [1.165, 1.54) is 0 Å². The van der Waals surface area contributed by atoms with Crippen molar-refractivity contribution in [1.82, 2.24) is 0 Å². The van der Waals surface area contributed by atoms with Crippen molar-refractivity contribution in [2.45, 2.75) is 6.42 Å². The quantitative estimate of drug-likeness (QED) is 0.689. The molecule has 0 atom stereocenters. The number of methoxy groups -OCH3 is 1. The van der Waals surface area contributed by atoms with Crippen LogP contribution in [0.25, 0.3) is 0 Å². The van der Waals surface area contributed by atoms with Crippen molar-refractivity contribution in [1.29, 1.82) is 0 Å². The summed E-state index contributed by atoms with van der Waals surface area (Å²) in [6.07, 6.45) is 0.872. The summed E-state index contributed by atoms with van der Waals surface area (Å²) < 4.78 is 4.63. The van der Waals surface area contributed by atoms with Gasteiger partial charge in [-0.3, -0.25) is 25.8 Å². The third-order valence-electron chi connectivity index (χ3n) is 0.348. The summed E-state index contributed by atoms with van der Waals surface area (Å²) in [7, 11) is 1.67. The third-order valence-corrected chi connectivity index (χ3v) is 0.348. The van der Waals surface area contributed by atoms with Gasteiger partial charge < -0.3 is 4.74 Å². The fraction of sp³-hybridized carbons (Fsp3) is 0.750. The summed E-state index contributed by atoms with van der Waals surface area (Å²) in [4.78, 5) is 0. The highest BCUT2D eigenvalue weighted by molar-refractivity contribution is 9.47. The van der Waals surface area contributed by atoms with Gasteiger partial charge >= 0.3 is 16.0 Å². The van der Waals surface area contributed by atoms with E-state index < -0.39 is 0 Å². The molecule has 1 radical (unpaired) electrons. The Morgan fingerprint density at radius 2 is 2.00 bits per heavy atom. The highest BCUT2D eigenvalue weighted by Crippen LogP contribution is 1.77. The summed E-state index contributed by atoms with van der Waals surface area (Å²) in [6, 6.07) is 0. The fourth-order valence-electron chi connectivity index (χ4n) is 0.144. The van der Waals surface area contributed by atoms with Gasteiger partial charge in [0.05, 0.1) is 0 Å². The van der Waals surface area contributed by atoms with Crippen LogP contribution in [0.3, 0.4) is 0 Å². The second-order valence-electron chi connectivity index (χ2n) is 0.947. The van der Waals surface area contributed by atoms with Crippen LogP contribution in [-0.4, -0.2) is 29.7 Å². The van der Waals surface area contributed by atoms with Gasteiger partial charge in [-0.2, -0.15) is 0 Å². The topological polar surface area (TPSA) is 9.23 Å². The van der Waals surface area contributed by atoms with Crippen molar-refractivity contribution in [3.63, 3.8) is 0 Å². The molecule has 1 nitrogen and oxygen atoms in total. The van der Waals surface area contributed by atoms with E-state index in [4.69, 9.17) is 0 Å². The van der Waals surface area contributed by atoms with Gasteiger partial charge in [0.15, 0.2) is 0 Å². The molecule has 0 N–H and O–H groups in total. The molecule has 0 fully saturated rings. The van der Waals surface area contributed by atoms with Crippen LogP contribution in [-0.2, 0) is 4.74 Å². The standard InChI is InChI=1S/C4H9O.2BrH.Mg/c1-3-4-5-2;;;/h1,3-4H2,2H3;2*1H;/q;;;+2/p-2. The number of rotatable bonds is 2. The Bertz CT molecular complexity index is 28.0. The van der Waals surface area contributed by atoms with E-state index in [1.54, 1.807) is 7.11 Å². The molecule has 47 valence electrons. The Morgan fingerprint density at radius 3 is 2.00 bits per heavy atom. The monoisotopic (exact) mass is 255 g/mol. The predicted molar refractivity (Wildman–Crippen MR) is 45.5 cm³/mol. The lowest BCUT2D eigenvalue weighted by Crippen LogP contribution is -1.81. The van der Waals surface area contributed by atoms with Crippen LogP contribution < -0.4 is 0 Å². The average Bonchev–Trinajstić information content (AvgIpc) is 1.71. The zero-order chi connectivity index (χ0) is 6.83. The molecule has 0 aliphatic carbocycles. The Morgan fingerprint density at radius 1 is 1.62 bits per heavy atom. The number of hydrogen-bond acceptors (Lipinski definition) is 1. The van der Waals surface area contributed by atoms with Gasteiger partial charge in [-0.1, -0.05) is 6.92 Å². The minimum absolute atomic E-state index is 0.0417. The molecule has 0 aromatic heterocycles. The second kappa shape index (κ2) is 15.9. The van der Waals surface area contributed by atoms with Gasteiger partial charge in [0.25, 0.3) is 0 Å². The summed E-state index contributed by atoms with van der Waals surface area (Å²) in [5.41, 5.74) is 0. The normalized spacial score (nSPS) is 6.50. The summed E-state index contributed by atoms with van der Waals surface area (Å²) in [6.45, 7) is 4.33. The van der Waals surface area contributed by atoms with Gasteiger partial charge in [-0.15, -0.1) is 0 Å². The van der Waals surface area contributed by atoms with Gasteiger partial charge in [0.1, 0.15) is 0 Å². The lowest BCUT2D eigenvalue weighted by Gasteiger charge is -1.84. The molecule has 8 heavy (non-hydrogen) atoms. The third kappa shape index (κ3) is 25.3. The molecule has 0 spiro atoms. The van der Waals surface area contributed by atoms with E-state index >= 15 is 0 Å². The molecule has 0 bridgehead atoms. The molecule has 4 heteroatoms. The maximum absolute atomic E-state index is 4.63. The summed E-state index contributed by atoms with van der Waals surface area (Å²) in [5.74, 6) is 0. The van der Waals surface area contributed by atoms with Crippen molar-refractivity contribution in [3.05, 3.63) is 6.92 Å². The molecular weight excluding hydrogens is 248 g/mol. The number of halogens is 2. The fourth-order valence-corrected chi connectivity index (χ4v) is 0.144. The zero-order valence-corrected chi connectivity index (χ0v) is 9.58. The minimum Gasteiger partial charge on any atom is -0.385 e. The van der Waals surface area contributed by atoms with Crippen LogP contribution in [0.4, 0.5) is 0 Å². The van der Waals surface area contributed by atoms with E-state index in [9.17, 15) is 0 Å². The van der Waals surface area contributed by atoms with Gasteiger partial charge in [0.2, 0.25) is 0 Å². The van der Waals surface area contributed by atoms with Crippen LogP contribution in [0.5, 0.6) is 0 Å². The van der Waals surface area contributed by atoms with Gasteiger partial charge in [-0.05, 0) is 6.42 Å². The Balaban J connectivity index is 0. The SMILES string of the molecule is [Br][Mg][Br].[CH2]CCOC. The smallest absolute Gasteiger partial charge is 0.385 e. The highest BCUT2D eigenvalue weighted by atomic mass is 79.9. The first-order valence-electron chi connectivity index (χ1n) is 2.23. The first kappa shape index (κ1) is 12.4. The van der Waals surface area contributed by atoms with Crippen LogP contribution in [0.2, 0.25) is 0 Å². The van der Waals surface area contributed by atoms with E-state index in [-0.39, 0.29) is 16.0 Å². The Hall–Kier alpha value is 1.69. The van der Waals surface area contributed by atoms with Crippen molar-refractivity contribution in [2.24, 2.45) is 0 Å². The molecule has 0 heterocycles. The first-order valence-corrected chi connectivity index (χ1v) is 10.0.